The normalized spacial score (nSPS) is 17.5. The molecule has 1 atom stereocenters. The molecule has 8 nitrogen and oxygen atoms in total. The molecule has 218 valence electrons. The fourth-order valence-corrected chi connectivity index (χ4v) is 5.99. The molecular formula is C32H33ClFN5O3. The van der Waals surface area contributed by atoms with Crippen LogP contribution in [-0.4, -0.2) is 70.8 Å². The van der Waals surface area contributed by atoms with E-state index in [0.29, 0.717) is 49.0 Å². The van der Waals surface area contributed by atoms with Crippen molar-refractivity contribution < 1.29 is 19.1 Å². The zero-order valence-electron chi connectivity index (χ0n) is 23.6. The quantitative estimate of drug-likeness (QED) is 0.160. The molecule has 2 aliphatic rings. The largest absolute Gasteiger partial charge is 0.507 e. The van der Waals surface area contributed by atoms with Gasteiger partial charge in [-0.2, -0.15) is 0 Å². The summed E-state index contributed by atoms with van der Waals surface area (Å²) in [7, 11) is 1.64. The van der Waals surface area contributed by atoms with Crippen LogP contribution in [0.15, 0.2) is 66.2 Å². The van der Waals surface area contributed by atoms with Crippen molar-refractivity contribution in [2.45, 2.75) is 38.1 Å². The van der Waals surface area contributed by atoms with Crippen LogP contribution in [0.2, 0.25) is 5.02 Å². The highest BCUT2D eigenvalue weighted by molar-refractivity contribution is 6.33. The Morgan fingerprint density at radius 2 is 1.98 bits per heavy atom. The van der Waals surface area contributed by atoms with Crippen molar-refractivity contribution in [2.24, 2.45) is 4.99 Å². The van der Waals surface area contributed by atoms with Gasteiger partial charge in [0.1, 0.15) is 17.4 Å². The second-order valence-corrected chi connectivity index (χ2v) is 11.0. The molecule has 2 heterocycles. The van der Waals surface area contributed by atoms with Gasteiger partial charge in [-0.25, -0.2) is 9.37 Å². The SMILES string of the molecule is C=CC(=O)N1CCN(/C(=N/C)c2cc(Cl)c(-c3c(O)cccc3F)nc2N(C=O)c2ccccc2C2CCC2)C(C)C1. The molecule has 0 bridgehead atoms. The lowest BCUT2D eigenvalue weighted by Crippen LogP contribution is -2.55. The van der Waals surface area contributed by atoms with Crippen LogP contribution in [0.25, 0.3) is 11.3 Å². The summed E-state index contributed by atoms with van der Waals surface area (Å²) in [5.41, 5.74) is 2.00. The smallest absolute Gasteiger partial charge is 0.246 e. The molecule has 5 rings (SSSR count). The zero-order valence-corrected chi connectivity index (χ0v) is 24.4. The lowest BCUT2D eigenvalue weighted by Gasteiger charge is -2.41. The molecule has 2 aromatic carbocycles. The van der Waals surface area contributed by atoms with Crippen LogP contribution in [0.5, 0.6) is 5.75 Å². The predicted octanol–water partition coefficient (Wildman–Crippen LogP) is 5.90. The number of halogens is 2. The number of para-hydroxylation sites is 1. The van der Waals surface area contributed by atoms with E-state index in [-0.39, 0.29) is 39.8 Å². The number of nitrogens with zero attached hydrogens (tertiary/aromatic N) is 5. The number of hydrogen-bond donors (Lipinski definition) is 1. The van der Waals surface area contributed by atoms with E-state index in [0.717, 1.165) is 24.8 Å². The van der Waals surface area contributed by atoms with E-state index < -0.39 is 5.82 Å². The van der Waals surface area contributed by atoms with Gasteiger partial charge < -0.3 is 14.9 Å². The standard InChI is InChI=1S/C32H33ClFN5O3/c1-4-28(42)37-15-16-38(20(2)18-37)31(35-3)23-17-24(33)30(29-25(34)12-8-14-27(29)41)36-32(23)39(19-40)26-13-6-5-11-22(26)21-9-7-10-21/h4-6,8,11-14,17,19-21,41H,1,7,9-10,15-16,18H2,2-3H3/b35-31+. The van der Waals surface area contributed by atoms with Gasteiger partial charge in [0.25, 0.3) is 0 Å². The Bertz CT molecular complexity index is 1540. The molecule has 1 aliphatic heterocycles. The number of amides is 2. The summed E-state index contributed by atoms with van der Waals surface area (Å²) in [6.45, 7) is 6.95. The van der Waals surface area contributed by atoms with Crippen molar-refractivity contribution in [1.82, 2.24) is 14.8 Å². The van der Waals surface area contributed by atoms with Gasteiger partial charge >= 0.3 is 0 Å². The van der Waals surface area contributed by atoms with Gasteiger partial charge in [0.15, 0.2) is 5.82 Å². The maximum atomic E-state index is 15.1. The molecule has 1 unspecified atom stereocenters. The van der Waals surface area contributed by atoms with Crippen LogP contribution in [0.3, 0.4) is 0 Å². The Kier molecular flexibility index (Phi) is 8.59. The van der Waals surface area contributed by atoms with Crippen LogP contribution < -0.4 is 4.90 Å². The maximum absolute atomic E-state index is 15.1. The molecule has 10 heteroatoms. The number of phenols is 1. The molecule has 0 spiro atoms. The average Bonchev–Trinajstić information content (AvgIpc) is 2.95. The summed E-state index contributed by atoms with van der Waals surface area (Å²) >= 11 is 6.76. The fourth-order valence-electron chi connectivity index (χ4n) is 5.75. The molecule has 2 amide bonds. The molecule has 1 saturated heterocycles. The van der Waals surface area contributed by atoms with E-state index in [2.05, 4.69) is 11.6 Å². The lowest BCUT2D eigenvalue weighted by molar-refractivity contribution is -0.128. The molecule has 0 radical (unpaired) electrons. The first-order valence-corrected chi connectivity index (χ1v) is 14.3. The minimum absolute atomic E-state index is 0.00360. The monoisotopic (exact) mass is 589 g/mol. The Morgan fingerprint density at radius 1 is 1.21 bits per heavy atom. The van der Waals surface area contributed by atoms with Crippen molar-refractivity contribution in [2.75, 3.05) is 31.6 Å². The molecule has 3 aromatic rings. The van der Waals surface area contributed by atoms with E-state index in [1.165, 1.54) is 29.2 Å². The summed E-state index contributed by atoms with van der Waals surface area (Å²) in [5.74, 6) is -0.126. The number of piperazine rings is 1. The van der Waals surface area contributed by atoms with Crippen LogP contribution in [0.1, 0.15) is 43.2 Å². The second-order valence-electron chi connectivity index (χ2n) is 10.6. The molecule has 1 aromatic heterocycles. The number of aromatic hydroxyl groups is 1. The van der Waals surface area contributed by atoms with Crippen LogP contribution in [0, 0.1) is 5.82 Å². The van der Waals surface area contributed by atoms with Crippen molar-refractivity contribution in [1.29, 1.82) is 0 Å². The Morgan fingerprint density at radius 3 is 2.60 bits per heavy atom. The van der Waals surface area contributed by atoms with Crippen molar-refractivity contribution in [3.8, 4) is 17.0 Å². The van der Waals surface area contributed by atoms with Gasteiger partial charge in [-0.15, -0.1) is 0 Å². The highest BCUT2D eigenvalue weighted by atomic mass is 35.5. The molecule has 42 heavy (non-hydrogen) atoms. The third-order valence-electron chi connectivity index (χ3n) is 8.10. The summed E-state index contributed by atoms with van der Waals surface area (Å²) < 4.78 is 15.1. The molecule has 1 N–H and O–H groups in total. The first-order valence-electron chi connectivity index (χ1n) is 14.0. The molecule has 1 saturated carbocycles. The topological polar surface area (TPSA) is 89.3 Å². The number of phenolic OH excluding ortho intramolecular Hbond substituents is 1. The van der Waals surface area contributed by atoms with Crippen LogP contribution in [-0.2, 0) is 9.59 Å². The van der Waals surface area contributed by atoms with Gasteiger partial charge in [0.05, 0.1) is 27.5 Å². The average molecular weight is 590 g/mol. The number of amidine groups is 1. The third kappa shape index (κ3) is 5.36. The summed E-state index contributed by atoms with van der Waals surface area (Å²) in [6.07, 6.45) is 5.15. The van der Waals surface area contributed by atoms with E-state index in [1.807, 2.05) is 36.1 Å². The number of aliphatic imine (C=N–C) groups is 1. The molecular weight excluding hydrogens is 557 g/mol. The van der Waals surface area contributed by atoms with E-state index >= 15 is 4.39 Å². The number of carbonyl (C=O) groups excluding carboxylic acids is 2. The molecule has 1 aliphatic carbocycles. The number of anilines is 2. The minimum atomic E-state index is -0.698. The van der Waals surface area contributed by atoms with Gasteiger partial charge in [0.2, 0.25) is 12.3 Å². The van der Waals surface area contributed by atoms with Gasteiger partial charge in [-0.05, 0) is 61.6 Å². The fraction of sp³-hybridized carbons (Fsp3) is 0.312. The number of rotatable bonds is 7. The van der Waals surface area contributed by atoms with Crippen LogP contribution >= 0.6 is 11.6 Å². The summed E-state index contributed by atoms with van der Waals surface area (Å²) in [6, 6.07) is 13.1. The number of benzene rings is 2. The van der Waals surface area contributed by atoms with Gasteiger partial charge in [-0.1, -0.05) is 48.9 Å². The lowest BCUT2D eigenvalue weighted by atomic mass is 9.79. The number of pyridine rings is 1. The van der Waals surface area contributed by atoms with Crippen molar-refractivity contribution >= 4 is 41.3 Å². The Hall–Kier alpha value is -4.24. The Balaban J connectivity index is 1.69. The van der Waals surface area contributed by atoms with Gasteiger partial charge in [0, 0.05) is 32.7 Å². The highest BCUT2D eigenvalue weighted by Gasteiger charge is 2.33. The highest BCUT2D eigenvalue weighted by Crippen LogP contribution is 2.44. The summed E-state index contributed by atoms with van der Waals surface area (Å²) in [4.78, 5) is 39.8. The zero-order chi connectivity index (χ0) is 30.0. The van der Waals surface area contributed by atoms with Crippen LogP contribution in [0.4, 0.5) is 15.9 Å². The first kappa shape index (κ1) is 29.3. The predicted molar refractivity (Wildman–Crippen MR) is 163 cm³/mol. The first-order chi connectivity index (χ1) is 20.3. The number of carbonyl (C=O) groups is 2. The van der Waals surface area contributed by atoms with Crippen molar-refractivity contribution in [3.63, 3.8) is 0 Å². The third-order valence-corrected chi connectivity index (χ3v) is 8.39. The maximum Gasteiger partial charge on any atom is 0.246 e. The Labute approximate surface area is 249 Å². The van der Waals surface area contributed by atoms with E-state index in [9.17, 15) is 14.7 Å². The number of aromatic nitrogens is 1. The van der Waals surface area contributed by atoms with E-state index in [1.54, 1.807) is 18.0 Å². The minimum Gasteiger partial charge on any atom is -0.507 e. The molecule has 2 fully saturated rings. The summed E-state index contributed by atoms with van der Waals surface area (Å²) in [5, 5.41) is 10.7. The van der Waals surface area contributed by atoms with E-state index in [4.69, 9.17) is 16.6 Å². The second kappa shape index (κ2) is 12.3. The number of hydrogen-bond acceptors (Lipinski definition) is 5. The van der Waals surface area contributed by atoms with Crippen molar-refractivity contribution in [3.05, 3.63) is 83.2 Å². The van der Waals surface area contributed by atoms with Gasteiger partial charge in [-0.3, -0.25) is 19.5 Å².